The van der Waals surface area contributed by atoms with E-state index in [-0.39, 0.29) is 31.2 Å². The molecule has 0 spiro atoms. The SMILES string of the molecule is COCC(=O)C(Br)C(=O)OC.COCC(=O)CC(=O)OC. The molecule has 0 heterocycles. The van der Waals surface area contributed by atoms with Crippen LogP contribution < -0.4 is 0 Å². The molecule has 21 heavy (non-hydrogen) atoms. The quantitative estimate of drug-likeness (QED) is 0.331. The van der Waals surface area contributed by atoms with Crippen LogP contribution in [0.2, 0.25) is 0 Å². The molecule has 0 N–H and O–H groups in total. The molecule has 0 aromatic heterocycles. The first-order valence-corrected chi connectivity index (χ1v) is 6.56. The Bertz CT molecular complexity index is 355. The second kappa shape index (κ2) is 13.7. The Labute approximate surface area is 131 Å². The lowest BCUT2D eigenvalue weighted by atomic mass is 10.3. The Balaban J connectivity index is 0. The van der Waals surface area contributed by atoms with Crippen molar-refractivity contribution in [3.63, 3.8) is 0 Å². The van der Waals surface area contributed by atoms with Crippen LogP contribution in [0.15, 0.2) is 0 Å². The van der Waals surface area contributed by atoms with Crippen LogP contribution in [0.25, 0.3) is 0 Å². The third-order valence-corrected chi connectivity index (χ3v) is 2.74. The summed E-state index contributed by atoms with van der Waals surface area (Å²) in [6, 6.07) is 0. The van der Waals surface area contributed by atoms with Crippen molar-refractivity contribution in [2.24, 2.45) is 0 Å². The van der Waals surface area contributed by atoms with E-state index in [0.717, 1.165) is 0 Å². The summed E-state index contributed by atoms with van der Waals surface area (Å²) in [6.07, 6.45) is -0.204. The van der Waals surface area contributed by atoms with Gasteiger partial charge in [0, 0.05) is 14.2 Å². The lowest BCUT2D eigenvalue weighted by Gasteiger charge is -2.04. The van der Waals surface area contributed by atoms with Gasteiger partial charge in [-0.05, 0) is 0 Å². The van der Waals surface area contributed by atoms with Crippen LogP contribution >= 0.6 is 15.9 Å². The third kappa shape index (κ3) is 12.2. The van der Waals surface area contributed by atoms with E-state index in [1.165, 1.54) is 28.4 Å². The van der Waals surface area contributed by atoms with Crippen LogP contribution in [0, 0.1) is 0 Å². The molecule has 0 aromatic carbocycles. The number of Topliss-reactive ketones (excluding diaryl/α,β-unsaturated/α-hetero) is 2. The lowest BCUT2D eigenvalue weighted by Crippen LogP contribution is -2.28. The molecule has 9 heteroatoms. The zero-order valence-electron chi connectivity index (χ0n) is 12.3. The van der Waals surface area contributed by atoms with Crippen molar-refractivity contribution in [3.05, 3.63) is 0 Å². The third-order valence-electron chi connectivity index (χ3n) is 1.85. The highest BCUT2D eigenvalue weighted by Crippen LogP contribution is 2.03. The highest BCUT2D eigenvalue weighted by molar-refractivity contribution is 9.10. The molecule has 122 valence electrons. The van der Waals surface area contributed by atoms with E-state index in [1.54, 1.807) is 0 Å². The monoisotopic (exact) mass is 370 g/mol. The fraction of sp³-hybridized carbons (Fsp3) is 0.667. The summed E-state index contributed by atoms with van der Waals surface area (Å²) in [5.74, 6) is -1.75. The summed E-state index contributed by atoms with van der Waals surface area (Å²) < 4.78 is 17.6. The van der Waals surface area contributed by atoms with Gasteiger partial charge < -0.3 is 18.9 Å². The van der Waals surface area contributed by atoms with Crippen LogP contribution in [0.3, 0.4) is 0 Å². The number of carbonyl (C=O) groups is 4. The van der Waals surface area contributed by atoms with Gasteiger partial charge in [0.05, 0.1) is 14.2 Å². The van der Waals surface area contributed by atoms with E-state index < -0.39 is 16.8 Å². The molecule has 1 atom stereocenters. The maximum atomic E-state index is 10.9. The van der Waals surface area contributed by atoms with E-state index in [4.69, 9.17) is 0 Å². The molecular weight excluding hydrogens is 352 g/mol. The highest BCUT2D eigenvalue weighted by atomic mass is 79.9. The van der Waals surface area contributed by atoms with Crippen molar-refractivity contribution in [2.45, 2.75) is 11.2 Å². The average molecular weight is 371 g/mol. The van der Waals surface area contributed by atoms with Gasteiger partial charge in [-0.15, -0.1) is 0 Å². The number of hydrogen-bond acceptors (Lipinski definition) is 8. The molecule has 1 unspecified atom stereocenters. The number of ketones is 2. The largest absolute Gasteiger partial charge is 0.469 e. The minimum absolute atomic E-state index is 0.0326. The zero-order chi connectivity index (χ0) is 16.8. The topological polar surface area (TPSA) is 105 Å². The van der Waals surface area contributed by atoms with E-state index >= 15 is 0 Å². The van der Waals surface area contributed by atoms with Gasteiger partial charge in [-0.25, -0.2) is 0 Å². The first-order chi connectivity index (χ1) is 9.83. The van der Waals surface area contributed by atoms with E-state index in [2.05, 4.69) is 34.9 Å². The normalized spacial score (nSPS) is 10.7. The number of hydrogen-bond donors (Lipinski definition) is 0. The first-order valence-electron chi connectivity index (χ1n) is 5.64. The minimum Gasteiger partial charge on any atom is -0.469 e. The molecule has 0 aliphatic carbocycles. The summed E-state index contributed by atoms with van der Waals surface area (Å²) >= 11 is 2.87. The molecule has 8 nitrogen and oxygen atoms in total. The summed E-state index contributed by atoms with van der Waals surface area (Å²) in [4.78, 5) is 41.6. The van der Waals surface area contributed by atoms with E-state index in [9.17, 15) is 19.2 Å². The van der Waals surface area contributed by atoms with Crippen LogP contribution in [0.5, 0.6) is 0 Å². The molecule has 0 amide bonds. The number of alkyl halides is 1. The smallest absolute Gasteiger partial charge is 0.327 e. The number of carbonyl (C=O) groups excluding carboxylic acids is 4. The van der Waals surface area contributed by atoms with Gasteiger partial charge in [0.1, 0.15) is 19.6 Å². The standard InChI is InChI=1S/C6H9BrO4.C6H10O4/c1-10-3-4(8)5(7)6(9)11-2;1-9-4-5(7)3-6(8)10-2/h5H,3H2,1-2H3;3-4H2,1-2H3. The molecule has 0 radical (unpaired) electrons. The van der Waals surface area contributed by atoms with Crippen molar-refractivity contribution in [2.75, 3.05) is 41.7 Å². The molecule has 0 rings (SSSR count). The molecule has 0 aromatic rings. The number of esters is 2. The van der Waals surface area contributed by atoms with Crippen molar-refractivity contribution in [1.29, 1.82) is 0 Å². The number of ether oxygens (including phenoxy) is 4. The zero-order valence-corrected chi connectivity index (χ0v) is 13.9. The second-order valence-corrected chi connectivity index (χ2v) is 4.43. The van der Waals surface area contributed by atoms with Gasteiger partial charge in [-0.2, -0.15) is 0 Å². The fourth-order valence-electron chi connectivity index (χ4n) is 0.896. The minimum atomic E-state index is -0.910. The van der Waals surface area contributed by atoms with Gasteiger partial charge in [0.15, 0.2) is 16.4 Å². The maximum Gasteiger partial charge on any atom is 0.327 e. The highest BCUT2D eigenvalue weighted by Gasteiger charge is 2.23. The van der Waals surface area contributed by atoms with E-state index in [1.807, 2.05) is 0 Å². The Kier molecular flexibility index (Phi) is 14.3. The summed E-state index contributed by atoms with van der Waals surface area (Å²) in [6.45, 7) is -0.125. The molecule has 0 saturated carbocycles. The van der Waals surface area contributed by atoms with Gasteiger partial charge in [0.2, 0.25) is 0 Å². The molecule has 0 saturated heterocycles. The Morgan fingerprint density at radius 1 is 0.905 bits per heavy atom. The van der Waals surface area contributed by atoms with Crippen molar-refractivity contribution in [1.82, 2.24) is 0 Å². The van der Waals surface area contributed by atoms with Gasteiger partial charge >= 0.3 is 11.9 Å². The van der Waals surface area contributed by atoms with Gasteiger partial charge in [-0.1, -0.05) is 15.9 Å². The van der Waals surface area contributed by atoms with Crippen molar-refractivity contribution >= 4 is 39.4 Å². The molecule has 0 bridgehead atoms. The summed E-state index contributed by atoms with van der Waals surface area (Å²) in [5.41, 5.74) is 0. The van der Waals surface area contributed by atoms with Crippen LogP contribution in [-0.4, -0.2) is 70.0 Å². The number of methoxy groups -OCH3 is 4. The Morgan fingerprint density at radius 3 is 1.81 bits per heavy atom. The lowest BCUT2D eigenvalue weighted by molar-refractivity contribution is -0.145. The molecular formula is C12H19BrO8. The predicted molar refractivity (Wildman–Crippen MR) is 75.1 cm³/mol. The second-order valence-electron chi connectivity index (χ2n) is 3.51. The maximum absolute atomic E-state index is 10.9. The average Bonchev–Trinajstić information content (AvgIpc) is 2.46. The fourth-order valence-corrected chi connectivity index (χ4v) is 1.21. The summed E-state index contributed by atoms with van der Waals surface area (Å²) in [7, 11) is 5.24. The van der Waals surface area contributed by atoms with Crippen LogP contribution in [-0.2, 0) is 38.1 Å². The Morgan fingerprint density at radius 2 is 1.43 bits per heavy atom. The molecule has 0 fully saturated rings. The summed E-state index contributed by atoms with van der Waals surface area (Å²) in [5, 5.41) is 0. The Hall–Kier alpha value is -1.32. The van der Waals surface area contributed by atoms with Crippen LogP contribution in [0.1, 0.15) is 6.42 Å². The van der Waals surface area contributed by atoms with Crippen LogP contribution in [0.4, 0.5) is 0 Å². The van der Waals surface area contributed by atoms with Gasteiger partial charge in [-0.3, -0.25) is 19.2 Å². The van der Waals surface area contributed by atoms with E-state index in [0.29, 0.717) is 0 Å². The number of rotatable bonds is 8. The number of halogens is 1. The van der Waals surface area contributed by atoms with Crippen molar-refractivity contribution in [3.8, 4) is 0 Å². The first kappa shape index (κ1) is 22.0. The van der Waals surface area contributed by atoms with Crippen molar-refractivity contribution < 1.29 is 38.1 Å². The molecule has 0 aliphatic heterocycles. The predicted octanol–water partition coefficient (Wildman–Crippen LogP) is -0.0966. The van der Waals surface area contributed by atoms with Gasteiger partial charge in [0.25, 0.3) is 0 Å². The molecule has 0 aliphatic rings.